The molecular weight excluding hydrogens is 524 g/mol. The molecule has 8 heteroatoms. The van der Waals surface area contributed by atoms with Crippen molar-refractivity contribution in [3.05, 3.63) is 101 Å². The minimum atomic E-state index is -0.321. The third kappa shape index (κ3) is 6.87. The molecule has 2 N–H and O–H groups in total. The number of carbonyl (C=O) groups excluding carboxylic acids is 2. The maximum atomic E-state index is 13.1. The number of hydrogen-bond donors (Lipinski definition) is 2. The largest absolute Gasteiger partial charge is 0.339 e. The van der Waals surface area contributed by atoms with Gasteiger partial charge >= 0.3 is 6.03 Å². The fraction of sp³-hybridized carbons (Fsp3) is 0.353. The van der Waals surface area contributed by atoms with E-state index in [1.165, 1.54) is 5.56 Å². The molecule has 218 valence electrons. The average Bonchev–Trinajstić information content (AvgIpc) is 3.38. The second kappa shape index (κ2) is 12.2. The molecule has 0 bridgehead atoms. The smallest absolute Gasteiger partial charge is 0.324 e. The van der Waals surface area contributed by atoms with Crippen LogP contribution in [0.4, 0.5) is 16.3 Å². The molecule has 1 saturated heterocycles. The Bertz CT molecular complexity index is 1560. The van der Waals surface area contributed by atoms with Crippen LogP contribution >= 0.6 is 0 Å². The average molecular weight is 565 g/mol. The summed E-state index contributed by atoms with van der Waals surface area (Å²) in [6.07, 6.45) is 4.51. The monoisotopic (exact) mass is 564 g/mol. The van der Waals surface area contributed by atoms with E-state index >= 15 is 0 Å². The number of hydrogen-bond acceptors (Lipinski definition) is 4. The van der Waals surface area contributed by atoms with Gasteiger partial charge in [-0.3, -0.25) is 15.1 Å². The summed E-state index contributed by atoms with van der Waals surface area (Å²) in [6, 6.07) is 21.4. The van der Waals surface area contributed by atoms with Crippen molar-refractivity contribution in [1.29, 1.82) is 0 Å². The molecule has 42 heavy (non-hydrogen) atoms. The highest BCUT2D eigenvalue weighted by atomic mass is 16.2. The number of piperidine rings is 1. The Morgan fingerprint density at radius 3 is 2.36 bits per heavy atom. The highest BCUT2D eigenvalue weighted by molar-refractivity contribution is 5.99. The van der Waals surface area contributed by atoms with Gasteiger partial charge in [0.15, 0.2) is 0 Å². The molecule has 1 fully saturated rings. The van der Waals surface area contributed by atoms with Gasteiger partial charge in [0.25, 0.3) is 5.91 Å². The van der Waals surface area contributed by atoms with E-state index in [-0.39, 0.29) is 17.4 Å². The van der Waals surface area contributed by atoms with Crippen molar-refractivity contribution in [3.8, 4) is 5.69 Å². The van der Waals surface area contributed by atoms with Gasteiger partial charge < -0.3 is 10.2 Å². The maximum Gasteiger partial charge on any atom is 0.324 e. The van der Waals surface area contributed by atoms with Gasteiger partial charge in [-0.15, -0.1) is 0 Å². The highest BCUT2D eigenvalue weighted by Crippen LogP contribution is 2.27. The van der Waals surface area contributed by atoms with E-state index < -0.39 is 0 Å². The number of benzene rings is 2. The number of likely N-dealkylation sites (tertiary alicyclic amines) is 1. The van der Waals surface area contributed by atoms with Crippen LogP contribution in [0.5, 0.6) is 0 Å². The fourth-order valence-corrected chi connectivity index (χ4v) is 5.33. The third-order valence-electron chi connectivity index (χ3n) is 7.85. The van der Waals surface area contributed by atoms with Crippen molar-refractivity contribution < 1.29 is 9.59 Å². The Labute approximate surface area is 248 Å². The number of rotatable bonds is 6. The summed E-state index contributed by atoms with van der Waals surface area (Å²) in [4.78, 5) is 32.3. The maximum absolute atomic E-state index is 13.1. The predicted octanol–water partition coefficient (Wildman–Crippen LogP) is 6.92. The lowest BCUT2D eigenvalue weighted by Crippen LogP contribution is -2.39. The zero-order valence-electron chi connectivity index (χ0n) is 25.1. The van der Waals surface area contributed by atoms with E-state index in [0.29, 0.717) is 17.3 Å². The summed E-state index contributed by atoms with van der Waals surface area (Å²) in [7, 11) is 0. The molecule has 0 spiro atoms. The first-order valence-corrected chi connectivity index (χ1v) is 14.6. The van der Waals surface area contributed by atoms with Crippen molar-refractivity contribution in [3.63, 3.8) is 0 Å². The van der Waals surface area contributed by atoms with Gasteiger partial charge in [0.1, 0.15) is 5.82 Å². The van der Waals surface area contributed by atoms with E-state index in [9.17, 15) is 9.59 Å². The number of aryl methyl sites for hydroxylation is 2. The Morgan fingerprint density at radius 1 is 0.929 bits per heavy atom. The first-order chi connectivity index (χ1) is 20.1. The minimum absolute atomic E-state index is 0.0644. The molecule has 3 amide bonds. The zero-order valence-corrected chi connectivity index (χ0v) is 25.1. The lowest BCUT2D eigenvalue weighted by molar-refractivity contribution is 0.0689. The Kier molecular flexibility index (Phi) is 8.43. The molecule has 0 unspecified atom stereocenters. The normalized spacial score (nSPS) is 14.1. The molecule has 0 atom stereocenters. The van der Waals surface area contributed by atoms with Crippen molar-refractivity contribution in [2.24, 2.45) is 5.92 Å². The Hall–Kier alpha value is -4.46. The first-order valence-electron chi connectivity index (χ1n) is 14.6. The fourth-order valence-electron chi connectivity index (χ4n) is 5.33. The van der Waals surface area contributed by atoms with Crippen LogP contribution in [0.25, 0.3) is 5.69 Å². The molecule has 0 radical (unpaired) electrons. The molecular formula is C34H40N6O2. The molecule has 5 rings (SSSR count). The van der Waals surface area contributed by atoms with Crippen molar-refractivity contribution in [2.45, 2.75) is 59.3 Å². The summed E-state index contributed by atoms with van der Waals surface area (Å²) in [5, 5.41) is 10.8. The molecule has 1 aliphatic rings. The number of anilines is 2. The third-order valence-corrected chi connectivity index (χ3v) is 7.85. The number of nitrogens with zero attached hydrogens (tertiary/aromatic N) is 4. The van der Waals surface area contributed by atoms with Gasteiger partial charge in [0.05, 0.1) is 16.9 Å². The van der Waals surface area contributed by atoms with Gasteiger partial charge in [-0.05, 0) is 81.0 Å². The topological polar surface area (TPSA) is 92.2 Å². The zero-order chi connectivity index (χ0) is 29.9. The molecule has 8 nitrogen and oxygen atoms in total. The van der Waals surface area contributed by atoms with E-state index in [1.54, 1.807) is 10.9 Å². The van der Waals surface area contributed by atoms with Crippen molar-refractivity contribution >= 4 is 23.4 Å². The number of aromatic nitrogens is 3. The minimum Gasteiger partial charge on any atom is -0.339 e. The standard InChI is InChI=1S/C34H40N6O2/c1-23-11-13-28(14-12-23)40-31(22-30(38-40)34(3,4)5)37-33(42)36-27-9-6-8-26(21-27)20-25-15-18-39(19-16-25)32(41)29-10-7-17-35-24(29)2/h6-14,17,21-22,25H,15-16,18-20H2,1-5H3,(H2,36,37,42). The number of carbonyl (C=O) groups is 2. The lowest BCUT2D eigenvalue weighted by atomic mass is 9.89. The van der Waals surface area contributed by atoms with Gasteiger partial charge in [-0.25, -0.2) is 9.48 Å². The lowest BCUT2D eigenvalue weighted by Gasteiger charge is -2.32. The van der Waals surface area contributed by atoms with Crippen LogP contribution < -0.4 is 10.6 Å². The van der Waals surface area contributed by atoms with Gasteiger partial charge in [0, 0.05) is 42.1 Å². The van der Waals surface area contributed by atoms with Crippen LogP contribution in [0.15, 0.2) is 72.9 Å². The second-order valence-corrected chi connectivity index (χ2v) is 12.3. The van der Waals surface area contributed by atoms with E-state index in [4.69, 9.17) is 5.10 Å². The molecule has 0 saturated carbocycles. The van der Waals surface area contributed by atoms with E-state index in [2.05, 4.69) is 42.5 Å². The Balaban J connectivity index is 1.20. The summed E-state index contributed by atoms with van der Waals surface area (Å²) in [6.45, 7) is 11.7. The first kappa shape index (κ1) is 29.0. The number of amides is 3. The number of urea groups is 1. The molecule has 3 heterocycles. The summed E-state index contributed by atoms with van der Waals surface area (Å²) in [5.41, 5.74) is 6.13. The number of nitrogens with one attached hydrogen (secondary N) is 2. The summed E-state index contributed by atoms with van der Waals surface area (Å²) in [5.74, 6) is 1.16. The van der Waals surface area contributed by atoms with Gasteiger partial charge in [-0.2, -0.15) is 5.10 Å². The van der Waals surface area contributed by atoms with Gasteiger partial charge in [0.2, 0.25) is 0 Å². The molecule has 4 aromatic rings. The van der Waals surface area contributed by atoms with Crippen LogP contribution in [0.2, 0.25) is 0 Å². The van der Waals surface area contributed by atoms with E-state index in [1.807, 2.05) is 79.4 Å². The predicted molar refractivity (Wildman–Crippen MR) is 167 cm³/mol. The summed E-state index contributed by atoms with van der Waals surface area (Å²) >= 11 is 0. The van der Waals surface area contributed by atoms with Crippen LogP contribution in [0.1, 0.15) is 66.5 Å². The van der Waals surface area contributed by atoms with Gasteiger partial charge in [-0.1, -0.05) is 50.6 Å². The number of pyridine rings is 1. The molecule has 1 aliphatic heterocycles. The van der Waals surface area contributed by atoms with E-state index in [0.717, 1.165) is 60.7 Å². The quantitative estimate of drug-likeness (QED) is 0.266. The van der Waals surface area contributed by atoms with Crippen molar-refractivity contribution in [1.82, 2.24) is 19.7 Å². The van der Waals surface area contributed by atoms with Crippen LogP contribution in [-0.4, -0.2) is 44.7 Å². The Morgan fingerprint density at radius 2 is 1.67 bits per heavy atom. The molecule has 2 aromatic heterocycles. The second-order valence-electron chi connectivity index (χ2n) is 12.3. The van der Waals surface area contributed by atoms with Crippen LogP contribution in [-0.2, 0) is 11.8 Å². The van der Waals surface area contributed by atoms with Crippen LogP contribution in [0.3, 0.4) is 0 Å². The SMILES string of the molecule is Cc1ccc(-n2nc(C(C)(C)C)cc2NC(=O)Nc2cccc(CC3CCN(C(=O)c4cccnc4C)CC3)c2)cc1. The summed E-state index contributed by atoms with van der Waals surface area (Å²) < 4.78 is 1.78. The molecule has 2 aromatic carbocycles. The highest BCUT2D eigenvalue weighted by Gasteiger charge is 2.25. The van der Waals surface area contributed by atoms with Crippen molar-refractivity contribution in [2.75, 3.05) is 23.7 Å². The van der Waals surface area contributed by atoms with Crippen LogP contribution in [0, 0.1) is 19.8 Å². The molecule has 0 aliphatic carbocycles.